The number of fused-ring (bicyclic) bond motifs is 2. The molecule has 1 aliphatic rings. The second kappa shape index (κ2) is 7.76. The van der Waals surface area contributed by atoms with E-state index in [0.29, 0.717) is 29.0 Å². The largest absolute Gasteiger partial charge is 0.545 e. The first-order valence-corrected chi connectivity index (χ1v) is 9.50. The van der Waals surface area contributed by atoms with Gasteiger partial charge in [-0.2, -0.15) is 5.26 Å². The average molecular weight is 383 g/mol. The van der Waals surface area contributed by atoms with Gasteiger partial charge in [0.2, 0.25) is 0 Å². The molecule has 1 atom stereocenters. The van der Waals surface area contributed by atoms with Crippen molar-refractivity contribution < 1.29 is 14.6 Å². The SMILES string of the molecule is C[C@H]1C/C(=C\c2ccc(OCC#N)cc2)c2nc3ccccc3c(C(=O)[O-])c2C1. The van der Waals surface area contributed by atoms with E-state index < -0.39 is 5.97 Å². The molecule has 0 amide bonds. The first-order chi connectivity index (χ1) is 14.1. The number of hydrogen-bond acceptors (Lipinski definition) is 5. The molecule has 1 aliphatic carbocycles. The zero-order valence-electron chi connectivity index (χ0n) is 16.0. The Kier molecular flexibility index (Phi) is 5.01. The predicted molar refractivity (Wildman–Crippen MR) is 109 cm³/mol. The number of nitriles is 1. The van der Waals surface area contributed by atoms with E-state index in [1.54, 1.807) is 6.07 Å². The van der Waals surface area contributed by atoms with Crippen molar-refractivity contribution in [3.8, 4) is 11.8 Å². The van der Waals surface area contributed by atoms with E-state index >= 15 is 0 Å². The van der Waals surface area contributed by atoms with Gasteiger partial charge in [-0.05, 0) is 59.7 Å². The highest BCUT2D eigenvalue weighted by Gasteiger charge is 2.25. The minimum absolute atomic E-state index is 0.00825. The minimum atomic E-state index is -1.16. The molecular formula is C24H19N2O3-. The number of carbonyl (C=O) groups is 1. The molecule has 0 spiro atoms. The molecule has 2 aromatic carbocycles. The summed E-state index contributed by atoms with van der Waals surface area (Å²) in [5.41, 5.74) is 4.38. The van der Waals surface area contributed by atoms with Gasteiger partial charge in [0.05, 0.1) is 17.2 Å². The van der Waals surface area contributed by atoms with Crippen LogP contribution in [0.3, 0.4) is 0 Å². The van der Waals surface area contributed by atoms with Crippen LogP contribution in [0.5, 0.6) is 5.75 Å². The van der Waals surface area contributed by atoms with Crippen LogP contribution >= 0.6 is 0 Å². The maximum atomic E-state index is 12.0. The molecule has 0 aliphatic heterocycles. The number of hydrogen-bond donors (Lipinski definition) is 0. The third-order valence-corrected chi connectivity index (χ3v) is 5.15. The van der Waals surface area contributed by atoms with Crippen LogP contribution in [0.25, 0.3) is 22.6 Å². The summed E-state index contributed by atoms with van der Waals surface area (Å²) in [6, 6.07) is 16.7. The first kappa shape index (κ1) is 18.7. The summed E-state index contributed by atoms with van der Waals surface area (Å²) in [4.78, 5) is 16.8. The Hall–Kier alpha value is -3.65. The molecule has 1 aromatic heterocycles. The second-order valence-electron chi connectivity index (χ2n) is 7.32. The van der Waals surface area contributed by atoms with E-state index in [-0.39, 0.29) is 12.2 Å². The van der Waals surface area contributed by atoms with Crippen LogP contribution in [-0.4, -0.2) is 17.6 Å². The fourth-order valence-electron chi connectivity index (χ4n) is 3.95. The second-order valence-corrected chi connectivity index (χ2v) is 7.32. The van der Waals surface area contributed by atoms with Gasteiger partial charge in [-0.15, -0.1) is 0 Å². The molecule has 144 valence electrons. The Bertz CT molecular complexity index is 1160. The van der Waals surface area contributed by atoms with Crippen LogP contribution in [0.2, 0.25) is 0 Å². The quantitative estimate of drug-likeness (QED) is 0.687. The number of benzene rings is 2. The van der Waals surface area contributed by atoms with Crippen molar-refractivity contribution in [2.45, 2.75) is 19.8 Å². The summed E-state index contributed by atoms with van der Waals surface area (Å²) >= 11 is 0. The fraction of sp³-hybridized carbons (Fsp3) is 0.208. The summed E-state index contributed by atoms with van der Waals surface area (Å²) in [6.07, 6.45) is 3.52. The van der Waals surface area contributed by atoms with Gasteiger partial charge in [0.15, 0.2) is 6.61 Å². The average Bonchev–Trinajstić information content (AvgIpc) is 2.71. The summed E-state index contributed by atoms with van der Waals surface area (Å²) in [7, 11) is 0. The van der Waals surface area contributed by atoms with Crippen LogP contribution in [0.1, 0.15) is 40.5 Å². The van der Waals surface area contributed by atoms with E-state index in [2.05, 4.69) is 6.92 Å². The maximum Gasteiger partial charge on any atom is 0.174 e. The zero-order valence-corrected chi connectivity index (χ0v) is 16.0. The van der Waals surface area contributed by atoms with Gasteiger partial charge < -0.3 is 14.6 Å². The van der Waals surface area contributed by atoms with Crippen molar-refractivity contribution in [2.24, 2.45) is 5.92 Å². The van der Waals surface area contributed by atoms with Crippen LogP contribution in [-0.2, 0) is 6.42 Å². The number of aromatic carboxylic acids is 1. The van der Waals surface area contributed by atoms with E-state index in [1.165, 1.54) is 0 Å². The van der Waals surface area contributed by atoms with Crippen molar-refractivity contribution in [2.75, 3.05) is 6.61 Å². The van der Waals surface area contributed by atoms with Crippen LogP contribution in [0.4, 0.5) is 0 Å². The smallest absolute Gasteiger partial charge is 0.174 e. The zero-order chi connectivity index (χ0) is 20.4. The molecule has 3 aromatic rings. The Balaban J connectivity index is 1.83. The Morgan fingerprint density at radius 1 is 1.24 bits per heavy atom. The lowest BCUT2D eigenvalue weighted by molar-refractivity contribution is -0.254. The standard InChI is InChI=1S/C24H20N2O3/c1-15-12-17(14-16-6-8-18(9-7-16)29-11-10-25)23-20(13-15)22(24(27)28)19-4-2-3-5-21(19)26-23/h2-9,14-15H,11-13H2,1H3,(H,27,28)/p-1/b17-14+/t15-/m0/s1. The number of aromatic nitrogens is 1. The van der Waals surface area contributed by atoms with Crippen molar-refractivity contribution in [3.05, 3.63) is 70.9 Å². The molecular weight excluding hydrogens is 364 g/mol. The van der Waals surface area contributed by atoms with Gasteiger partial charge in [-0.3, -0.25) is 0 Å². The highest BCUT2D eigenvalue weighted by molar-refractivity contribution is 6.05. The number of ether oxygens (including phenoxy) is 1. The van der Waals surface area contributed by atoms with Crippen LogP contribution in [0.15, 0.2) is 48.5 Å². The summed E-state index contributed by atoms with van der Waals surface area (Å²) in [5.74, 6) is -0.227. The molecule has 0 N–H and O–H groups in total. The van der Waals surface area contributed by atoms with Gasteiger partial charge in [-0.1, -0.05) is 37.3 Å². The molecule has 0 saturated carbocycles. The monoisotopic (exact) mass is 383 g/mol. The number of carboxylic acid groups (broad SMARTS) is 1. The normalized spacial score (nSPS) is 17.0. The molecule has 4 rings (SSSR count). The lowest BCUT2D eigenvalue weighted by atomic mass is 9.80. The predicted octanol–water partition coefficient (Wildman–Crippen LogP) is 3.62. The lowest BCUT2D eigenvalue weighted by Gasteiger charge is -2.27. The summed E-state index contributed by atoms with van der Waals surface area (Å²) in [6.45, 7) is 2.12. The number of pyridine rings is 1. The van der Waals surface area contributed by atoms with Gasteiger partial charge in [-0.25, -0.2) is 4.98 Å². The molecule has 29 heavy (non-hydrogen) atoms. The Morgan fingerprint density at radius 2 is 2.00 bits per heavy atom. The number of carboxylic acids is 1. The Morgan fingerprint density at radius 3 is 2.72 bits per heavy atom. The molecule has 0 fully saturated rings. The number of carbonyl (C=O) groups excluding carboxylic acids is 1. The maximum absolute atomic E-state index is 12.0. The molecule has 0 bridgehead atoms. The number of rotatable bonds is 4. The minimum Gasteiger partial charge on any atom is -0.545 e. The first-order valence-electron chi connectivity index (χ1n) is 9.50. The topological polar surface area (TPSA) is 86.0 Å². The highest BCUT2D eigenvalue weighted by Crippen LogP contribution is 2.38. The molecule has 5 heteroatoms. The summed E-state index contributed by atoms with van der Waals surface area (Å²) in [5, 5.41) is 21.2. The van der Waals surface area contributed by atoms with E-state index in [0.717, 1.165) is 28.8 Å². The number of nitrogens with zero attached hydrogens (tertiary/aromatic N) is 2. The van der Waals surface area contributed by atoms with Crippen molar-refractivity contribution >= 4 is 28.5 Å². The van der Waals surface area contributed by atoms with Gasteiger partial charge >= 0.3 is 0 Å². The lowest BCUT2D eigenvalue weighted by Crippen LogP contribution is -2.27. The van der Waals surface area contributed by atoms with Gasteiger partial charge in [0, 0.05) is 10.9 Å². The van der Waals surface area contributed by atoms with Crippen molar-refractivity contribution in [1.29, 1.82) is 5.26 Å². The van der Waals surface area contributed by atoms with E-state index in [4.69, 9.17) is 15.0 Å². The number of para-hydroxylation sites is 1. The molecule has 1 heterocycles. The molecule has 0 unspecified atom stereocenters. The highest BCUT2D eigenvalue weighted by atomic mass is 16.5. The van der Waals surface area contributed by atoms with Crippen LogP contribution < -0.4 is 9.84 Å². The van der Waals surface area contributed by atoms with Gasteiger partial charge in [0.25, 0.3) is 0 Å². The van der Waals surface area contributed by atoms with E-state index in [9.17, 15) is 9.90 Å². The van der Waals surface area contributed by atoms with Gasteiger partial charge in [0.1, 0.15) is 11.8 Å². The Labute approximate surface area is 168 Å². The number of allylic oxidation sites excluding steroid dienone is 1. The molecule has 5 nitrogen and oxygen atoms in total. The van der Waals surface area contributed by atoms with Crippen molar-refractivity contribution in [3.63, 3.8) is 0 Å². The van der Waals surface area contributed by atoms with Crippen LogP contribution in [0, 0.1) is 17.2 Å². The van der Waals surface area contributed by atoms with E-state index in [1.807, 2.05) is 54.6 Å². The molecule has 0 radical (unpaired) electrons. The third-order valence-electron chi connectivity index (χ3n) is 5.15. The van der Waals surface area contributed by atoms with Crippen molar-refractivity contribution in [1.82, 2.24) is 4.98 Å². The fourth-order valence-corrected chi connectivity index (χ4v) is 3.95. The third kappa shape index (κ3) is 3.70. The molecule has 0 saturated heterocycles. The summed E-state index contributed by atoms with van der Waals surface area (Å²) < 4.78 is 5.30.